The van der Waals surface area contributed by atoms with E-state index in [1.165, 1.54) is 0 Å². The molecule has 2 N–H and O–H groups in total. The number of esters is 1. The molecule has 0 bridgehead atoms. The molecule has 0 aliphatic carbocycles. The SMILES string of the molecule is Cc1cc(NC(=O)COC(=O)[C@@H]2CC(=O)N(NC(=O)C(c3ccccc3)c3ccccc3)C2)ccc1Br. The van der Waals surface area contributed by atoms with Gasteiger partial charge in [-0.25, -0.2) is 0 Å². The Hall–Kier alpha value is -3.98. The third kappa shape index (κ3) is 6.62. The average Bonchev–Trinajstić information content (AvgIpc) is 3.26. The molecule has 1 fully saturated rings. The van der Waals surface area contributed by atoms with Crippen LogP contribution in [-0.4, -0.2) is 41.9 Å². The van der Waals surface area contributed by atoms with Crippen molar-refractivity contribution in [1.82, 2.24) is 10.4 Å². The van der Waals surface area contributed by atoms with Crippen molar-refractivity contribution in [2.75, 3.05) is 18.5 Å². The molecule has 8 nitrogen and oxygen atoms in total. The van der Waals surface area contributed by atoms with Crippen LogP contribution in [0.1, 0.15) is 29.0 Å². The highest BCUT2D eigenvalue weighted by molar-refractivity contribution is 9.10. The predicted molar refractivity (Wildman–Crippen MR) is 141 cm³/mol. The van der Waals surface area contributed by atoms with Crippen molar-refractivity contribution in [3.05, 3.63) is 100 Å². The Bertz CT molecular complexity index is 1260. The topological polar surface area (TPSA) is 105 Å². The van der Waals surface area contributed by atoms with E-state index < -0.39 is 36.2 Å². The molecule has 190 valence electrons. The van der Waals surface area contributed by atoms with E-state index in [2.05, 4.69) is 26.7 Å². The molecular weight excluding hydrogens is 538 g/mol. The Balaban J connectivity index is 1.34. The quantitative estimate of drug-likeness (QED) is 0.404. The van der Waals surface area contributed by atoms with Crippen molar-refractivity contribution in [3.63, 3.8) is 0 Å². The molecule has 1 aliphatic heterocycles. The summed E-state index contributed by atoms with van der Waals surface area (Å²) in [6.45, 7) is 1.38. The van der Waals surface area contributed by atoms with Crippen LogP contribution in [0.25, 0.3) is 0 Å². The molecule has 1 atom stereocenters. The third-order valence-corrected chi connectivity index (χ3v) is 6.91. The molecule has 0 saturated carbocycles. The number of hydrazine groups is 1. The van der Waals surface area contributed by atoms with Crippen LogP contribution >= 0.6 is 15.9 Å². The lowest BCUT2D eigenvalue weighted by Gasteiger charge is -2.23. The first-order chi connectivity index (χ1) is 17.8. The normalized spacial score (nSPS) is 14.9. The van der Waals surface area contributed by atoms with Crippen LogP contribution in [0.4, 0.5) is 5.69 Å². The fraction of sp³-hybridized carbons (Fsp3) is 0.214. The lowest BCUT2D eigenvalue weighted by molar-refractivity contribution is -0.151. The van der Waals surface area contributed by atoms with Gasteiger partial charge in [0.15, 0.2) is 6.61 Å². The Morgan fingerprint density at radius 1 is 1.00 bits per heavy atom. The Morgan fingerprint density at radius 2 is 1.62 bits per heavy atom. The molecule has 0 aromatic heterocycles. The second-order valence-corrected chi connectivity index (χ2v) is 9.61. The van der Waals surface area contributed by atoms with Crippen molar-refractivity contribution < 1.29 is 23.9 Å². The van der Waals surface area contributed by atoms with Gasteiger partial charge in [-0.15, -0.1) is 0 Å². The highest BCUT2D eigenvalue weighted by atomic mass is 79.9. The third-order valence-electron chi connectivity index (χ3n) is 6.02. The summed E-state index contributed by atoms with van der Waals surface area (Å²) in [7, 11) is 0. The molecule has 4 rings (SSSR count). The zero-order valence-corrected chi connectivity index (χ0v) is 21.7. The summed E-state index contributed by atoms with van der Waals surface area (Å²) >= 11 is 3.40. The maximum atomic E-state index is 13.3. The van der Waals surface area contributed by atoms with Crippen molar-refractivity contribution >= 4 is 45.3 Å². The van der Waals surface area contributed by atoms with Gasteiger partial charge in [0.1, 0.15) is 0 Å². The fourth-order valence-electron chi connectivity index (χ4n) is 4.13. The minimum atomic E-state index is -0.789. The van der Waals surface area contributed by atoms with E-state index in [1.54, 1.807) is 12.1 Å². The van der Waals surface area contributed by atoms with Gasteiger partial charge in [-0.05, 0) is 41.8 Å². The molecule has 1 saturated heterocycles. The molecule has 9 heteroatoms. The molecule has 3 aromatic rings. The average molecular weight is 564 g/mol. The number of anilines is 1. The molecule has 3 amide bonds. The van der Waals surface area contributed by atoms with Gasteiger partial charge in [-0.2, -0.15) is 0 Å². The van der Waals surface area contributed by atoms with E-state index in [0.717, 1.165) is 26.2 Å². The first kappa shape index (κ1) is 26.1. The van der Waals surface area contributed by atoms with E-state index in [1.807, 2.05) is 73.7 Å². The summed E-state index contributed by atoms with van der Waals surface area (Å²) in [6, 6.07) is 23.8. The summed E-state index contributed by atoms with van der Waals surface area (Å²) in [5.74, 6) is -3.36. The van der Waals surface area contributed by atoms with Crippen LogP contribution in [0, 0.1) is 12.8 Å². The van der Waals surface area contributed by atoms with Gasteiger partial charge in [-0.3, -0.25) is 29.6 Å². The minimum Gasteiger partial charge on any atom is -0.455 e. The lowest BCUT2D eigenvalue weighted by atomic mass is 9.91. The maximum Gasteiger partial charge on any atom is 0.311 e. The zero-order chi connectivity index (χ0) is 26.4. The molecule has 3 aromatic carbocycles. The van der Waals surface area contributed by atoms with Crippen molar-refractivity contribution in [1.29, 1.82) is 0 Å². The molecule has 1 heterocycles. The number of carbonyl (C=O) groups excluding carboxylic acids is 4. The van der Waals surface area contributed by atoms with Crippen molar-refractivity contribution in [2.45, 2.75) is 19.3 Å². The number of hydrogen-bond acceptors (Lipinski definition) is 5. The van der Waals surface area contributed by atoms with Gasteiger partial charge in [-0.1, -0.05) is 76.6 Å². The number of halogens is 1. The Labute approximate surface area is 223 Å². The van der Waals surface area contributed by atoms with Crippen LogP contribution < -0.4 is 10.7 Å². The van der Waals surface area contributed by atoms with Crippen molar-refractivity contribution in [2.24, 2.45) is 5.92 Å². The van der Waals surface area contributed by atoms with Crippen LogP contribution in [0.15, 0.2) is 83.3 Å². The second-order valence-electron chi connectivity index (χ2n) is 8.76. The van der Waals surface area contributed by atoms with Crippen LogP contribution in [-0.2, 0) is 23.9 Å². The largest absolute Gasteiger partial charge is 0.455 e. The molecule has 0 spiro atoms. The van der Waals surface area contributed by atoms with Gasteiger partial charge in [0.05, 0.1) is 18.4 Å². The summed E-state index contributed by atoms with van der Waals surface area (Å²) in [5.41, 5.74) is 5.76. The minimum absolute atomic E-state index is 0.0345. The Kier molecular flexibility index (Phi) is 8.35. The lowest BCUT2D eigenvalue weighted by Crippen LogP contribution is -2.45. The standard InChI is InChI=1S/C28H26BrN3O5/c1-18-14-22(12-13-23(18)29)30-24(33)17-37-28(36)21-15-25(34)32(16-21)31-27(35)26(19-8-4-2-5-9-19)20-10-6-3-7-11-20/h2-14,21,26H,15-17H2,1H3,(H,30,33)(H,31,35)/t21-/m1/s1. The predicted octanol–water partition coefficient (Wildman–Crippen LogP) is 3.95. The number of carbonyl (C=O) groups is 4. The molecule has 0 unspecified atom stereocenters. The second kappa shape index (κ2) is 11.8. The monoisotopic (exact) mass is 563 g/mol. The fourth-order valence-corrected chi connectivity index (χ4v) is 4.38. The number of rotatable bonds is 8. The van der Waals surface area contributed by atoms with Crippen LogP contribution in [0.5, 0.6) is 0 Å². The maximum absolute atomic E-state index is 13.3. The summed E-state index contributed by atoms with van der Waals surface area (Å²) in [4.78, 5) is 50.6. The van der Waals surface area contributed by atoms with Gasteiger partial charge in [0, 0.05) is 16.6 Å². The van der Waals surface area contributed by atoms with E-state index >= 15 is 0 Å². The first-order valence-electron chi connectivity index (χ1n) is 11.7. The van der Waals surface area contributed by atoms with Crippen LogP contribution in [0.2, 0.25) is 0 Å². The first-order valence-corrected chi connectivity index (χ1v) is 12.5. The van der Waals surface area contributed by atoms with Gasteiger partial charge in [0.25, 0.3) is 11.8 Å². The summed E-state index contributed by atoms with van der Waals surface area (Å²) in [6.07, 6.45) is -0.117. The Morgan fingerprint density at radius 3 is 2.22 bits per heavy atom. The molecule has 1 aliphatic rings. The van der Waals surface area contributed by atoms with E-state index in [-0.39, 0.29) is 18.9 Å². The highest BCUT2D eigenvalue weighted by Crippen LogP contribution is 2.26. The number of benzene rings is 3. The molecular formula is C28H26BrN3O5. The number of aryl methyl sites for hydroxylation is 1. The summed E-state index contributed by atoms with van der Waals surface area (Å²) in [5, 5.41) is 3.82. The number of hydrogen-bond donors (Lipinski definition) is 2. The van der Waals surface area contributed by atoms with E-state index in [4.69, 9.17) is 4.74 Å². The van der Waals surface area contributed by atoms with Gasteiger partial charge < -0.3 is 10.1 Å². The number of nitrogens with one attached hydrogen (secondary N) is 2. The van der Waals surface area contributed by atoms with Crippen LogP contribution in [0.3, 0.4) is 0 Å². The number of amides is 3. The number of ether oxygens (including phenoxy) is 1. The van der Waals surface area contributed by atoms with Crippen molar-refractivity contribution in [3.8, 4) is 0 Å². The molecule has 0 radical (unpaired) electrons. The molecule has 37 heavy (non-hydrogen) atoms. The smallest absolute Gasteiger partial charge is 0.311 e. The zero-order valence-electron chi connectivity index (χ0n) is 20.1. The van der Waals surface area contributed by atoms with E-state index in [9.17, 15) is 19.2 Å². The highest BCUT2D eigenvalue weighted by Gasteiger charge is 2.37. The van der Waals surface area contributed by atoms with Gasteiger partial charge in [0.2, 0.25) is 5.91 Å². The van der Waals surface area contributed by atoms with E-state index in [0.29, 0.717) is 5.69 Å². The number of nitrogens with zero attached hydrogens (tertiary/aromatic N) is 1. The van der Waals surface area contributed by atoms with Gasteiger partial charge >= 0.3 is 5.97 Å². The summed E-state index contributed by atoms with van der Waals surface area (Å²) < 4.78 is 6.06.